The Kier molecular flexibility index (Phi) is 4.86. The first-order valence-corrected chi connectivity index (χ1v) is 7.91. The Morgan fingerprint density at radius 1 is 1.35 bits per heavy atom. The molecular weight excluding hydrogens is 353 g/mol. The van der Waals surface area contributed by atoms with Crippen LogP contribution in [0.5, 0.6) is 0 Å². The van der Waals surface area contributed by atoms with Crippen LogP contribution in [0.2, 0.25) is 0 Å². The number of carbonyl (C=O) groups excluding carboxylic acids is 1. The molecule has 2 aromatic rings. The molecule has 1 aromatic carbocycles. The number of carbonyl (C=O) groups is 1. The molecule has 0 spiro atoms. The van der Waals surface area contributed by atoms with Crippen molar-refractivity contribution in [2.45, 2.75) is 25.1 Å². The lowest BCUT2D eigenvalue weighted by molar-refractivity contribution is -0.159. The molecule has 1 aliphatic heterocycles. The molecule has 2 amide bonds. The van der Waals surface area contributed by atoms with Gasteiger partial charge < -0.3 is 9.42 Å². The van der Waals surface area contributed by atoms with Crippen molar-refractivity contribution < 1.29 is 27.3 Å². The number of alkyl halides is 3. The van der Waals surface area contributed by atoms with Gasteiger partial charge in [0.2, 0.25) is 5.82 Å². The van der Waals surface area contributed by atoms with Crippen LogP contribution in [0.1, 0.15) is 30.3 Å². The molecular formula is C16H17F3N4O3. The summed E-state index contributed by atoms with van der Waals surface area (Å²) in [6.45, 7) is 0.610. The van der Waals surface area contributed by atoms with Gasteiger partial charge in [-0.2, -0.15) is 18.2 Å². The van der Waals surface area contributed by atoms with Gasteiger partial charge in [-0.05, 0) is 18.4 Å². The number of hydroxylamine groups is 2. The number of benzene rings is 1. The molecule has 1 unspecified atom stereocenters. The minimum atomic E-state index is -4.68. The highest BCUT2D eigenvalue weighted by Gasteiger charge is 2.38. The van der Waals surface area contributed by atoms with Gasteiger partial charge in [0.05, 0.1) is 13.2 Å². The van der Waals surface area contributed by atoms with E-state index in [1.54, 1.807) is 29.2 Å². The summed E-state index contributed by atoms with van der Waals surface area (Å²) >= 11 is 0. The quantitative estimate of drug-likeness (QED) is 0.774. The number of halogens is 3. The van der Waals surface area contributed by atoms with Crippen LogP contribution in [-0.2, 0) is 11.0 Å². The van der Waals surface area contributed by atoms with Crippen molar-refractivity contribution in [2.75, 3.05) is 20.7 Å². The first-order chi connectivity index (χ1) is 12.3. The number of hydrogen-bond donors (Lipinski definition) is 0. The highest BCUT2D eigenvalue weighted by Crippen LogP contribution is 2.34. The predicted octanol–water partition coefficient (Wildman–Crippen LogP) is 3.51. The van der Waals surface area contributed by atoms with Gasteiger partial charge in [0.15, 0.2) is 0 Å². The van der Waals surface area contributed by atoms with Crippen molar-refractivity contribution in [2.24, 2.45) is 0 Å². The average molecular weight is 370 g/mol. The Balaban J connectivity index is 1.79. The molecule has 0 saturated carbocycles. The highest BCUT2D eigenvalue weighted by atomic mass is 19.4. The van der Waals surface area contributed by atoms with E-state index in [0.29, 0.717) is 12.1 Å². The zero-order valence-corrected chi connectivity index (χ0v) is 14.2. The summed E-state index contributed by atoms with van der Waals surface area (Å²) in [6, 6.07) is 6.37. The van der Waals surface area contributed by atoms with Crippen LogP contribution in [0.4, 0.5) is 18.0 Å². The van der Waals surface area contributed by atoms with Gasteiger partial charge in [0.25, 0.3) is 0 Å². The van der Waals surface area contributed by atoms with Crippen molar-refractivity contribution in [3.8, 4) is 11.4 Å². The van der Waals surface area contributed by atoms with Gasteiger partial charge in [-0.15, -0.1) is 0 Å². The minimum absolute atomic E-state index is 0.120. The summed E-state index contributed by atoms with van der Waals surface area (Å²) in [5.41, 5.74) is 1.28. The molecule has 0 radical (unpaired) electrons. The van der Waals surface area contributed by atoms with Crippen molar-refractivity contribution >= 4 is 6.03 Å². The van der Waals surface area contributed by atoms with E-state index in [1.165, 1.54) is 14.2 Å². The molecule has 1 aliphatic rings. The predicted molar refractivity (Wildman–Crippen MR) is 83.6 cm³/mol. The molecule has 0 bridgehead atoms. The smallest absolute Gasteiger partial charge is 0.329 e. The molecule has 1 aromatic heterocycles. The first kappa shape index (κ1) is 18.2. The van der Waals surface area contributed by atoms with Crippen LogP contribution in [0.15, 0.2) is 28.8 Å². The molecule has 26 heavy (non-hydrogen) atoms. The van der Waals surface area contributed by atoms with Crippen LogP contribution in [0, 0.1) is 0 Å². The maximum absolute atomic E-state index is 12.6. The number of nitrogens with zero attached hydrogens (tertiary/aromatic N) is 4. The van der Waals surface area contributed by atoms with E-state index in [4.69, 9.17) is 4.84 Å². The van der Waals surface area contributed by atoms with Crippen molar-refractivity contribution in [3.63, 3.8) is 0 Å². The minimum Gasteiger partial charge on any atom is -0.329 e. The maximum Gasteiger partial charge on any atom is 0.471 e. The third-order valence-corrected chi connectivity index (χ3v) is 4.26. The van der Waals surface area contributed by atoms with Crippen LogP contribution >= 0.6 is 0 Å². The van der Waals surface area contributed by atoms with Crippen LogP contribution in [0.3, 0.4) is 0 Å². The van der Waals surface area contributed by atoms with E-state index in [-0.39, 0.29) is 17.9 Å². The van der Waals surface area contributed by atoms with Gasteiger partial charge in [-0.3, -0.25) is 4.84 Å². The van der Waals surface area contributed by atoms with Gasteiger partial charge in [-0.25, -0.2) is 9.86 Å². The lowest BCUT2D eigenvalue weighted by atomic mass is 10.0. The molecule has 1 saturated heterocycles. The molecule has 1 fully saturated rings. The number of urea groups is 1. The molecule has 10 heteroatoms. The van der Waals surface area contributed by atoms with Crippen molar-refractivity contribution in [1.29, 1.82) is 0 Å². The zero-order chi connectivity index (χ0) is 18.9. The van der Waals surface area contributed by atoms with E-state index >= 15 is 0 Å². The second-order valence-electron chi connectivity index (χ2n) is 5.86. The van der Waals surface area contributed by atoms with Gasteiger partial charge in [0, 0.05) is 19.2 Å². The monoisotopic (exact) mass is 370 g/mol. The summed E-state index contributed by atoms with van der Waals surface area (Å²) in [7, 11) is 2.95. The van der Waals surface area contributed by atoms with Crippen molar-refractivity contribution in [1.82, 2.24) is 20.1 Å². The standard InChI is InChI=1S/C16H17F3N4O3/c1-22(25-2)15(24)23-9-3-4-12(23)10-5-7-11(8-6-10)13-20-14(26-21-13)16(17,18)19/h5-8,12H,3-4,9H2,1-2H3. The van der Waals surface area contributed by atoms with Crippen LogP contribution in [-0.4, -0.2) is 46.8 Å². The normalized spacial score (nSPS) is 17.6. The van der Waals surface area contributed by atoms with Crippen molar-refractivity contribution in [3.05, 3.63) is 35.7 Å². The Morgan fingerprint density at radius 2 is 2.04 bits per heavy atom. The Labute approximate surface area is 147 Å². The summed E-state index contributed by atoms with van der Waals surface area (Å²) < 4.78 is 41.9. The fourth-order valence-electron chi connectivity index (χ4n) is 2.91. The van der Waals surface area contributed by atoms with E-state index in [1.807, 2.05) is 0 Å². The Hall–Kier alpha value is -2.62. The third kappa shape index (κ3) is 3.50. The topological polar surface area (TPSA) is 71.7 Å². The molecule has 0 N–H and O–H groups in total. The summed E-state index contributed by atoms with van der Waals surface area (Å²) in [4.78, 5) is 22.3. The molecule has 0 aliphatic carbocycles. The number of amides is 2. The van der Waals surface area contributed by atoms with Crippen LogP contribution < -0.4 is 0 Å². The lowest BCUT2D eigenvalue weighted by Crippen LogP contribution is -2.40. The number of hydrogen-bond acceptors (Lipinski definition) is 5. The fourth-order valence-corrected chi connectivity index (χ4v) is 2.91. The van der Waals surface area contributed by atoms with Gasteiger partial charge >= 0.3 is 18.1 Å². The third-order valence-electron chi connectivity index (χ3n) is 4.26. The first-order valence-electron chi connectivity index (χ1n) is 7.91. The molecule has 7 nitrogen and oxygen atoms in total. The molecule has 1 atom stereocenters. The lowest BCUT2D eigenvalue weighted by Gasteiger charge is -2.28. The second kappa shape index (κ2) is 6.94. The molecule has 2 heterocycles. The van der Waals surface area contributed by atoms with E-state index in [9.17, 15) is 18.0 Å². The summed E-state index contributed by atoms with van der Waals surface area (Å²) in [6.07, 6.45) is -3.03. The SMILES string of the molecule is CON(C)C(=O)N1CCCC1c1ccc(-c2noc(C(F)(F)F)n2)cc1. The Morgan fingerprint density at radius 3 is 2.62 bits per heavy atom. The van der Waals surface area contributed by atoms with E-state index in [0.717, 1.165) is 23.5 Å². The second-order valence-corrected chi connectivity index (χ2v) is 5.86. The largest absolute Gasteiger partial charge is 0.471 e. The average Bonchev–Trinajstić information content (AvgIpc) is 3.29. The van der Waals surface area contributed by atoms with E-state index in [2.05, 4.69) is 14.7 Å². The molecule has 3 rings (SSSR count). The molecule has 140 valence electrons. The summed E-state index contributed by atoms with van der Waals surface area (Å²) in [5, 5.41) is 4.52. The van der Waals surface area contributed by atoms with Crippen LogP contribution in [0.25, 0.3) is 11.4 Å². The zero-order valence-electron chi connectivity index (χ0n) is 14.2. The maximum atomic E-state index is 12.6. The van der Waals surface area contributed by atoms with E-state index < -0.39 is 12.1 Å². The summed E-state index contributed by atoms with van der Waals surface area (Å²) in [5.74, 6) is -1.52. The fraction of sp³-hybridized carbons (Fsp3) is 0.438. The number of rotatable bonds is 3. The Bertz CT molecular complexity index is 776. The number of aromatic nitrogens is 2. The van der Waals surface area contributed by atoms with Gasteiger partial charge in [0.1, 0.15) is 0 Å². The van der Waals surface area contributed by atoms with Gasteiger partial charge in [-0.1, -0.05) is 29.4 Å². The number of likely N-dealkylation sites (tertiary alicyclic amines) is 1. The highest BCUT2D eigenvalue weighted by molar-refractivity contribution is 5.74.